The van der Waals surface area contributed by atoms with E-state index in [2.05, 4.69) is 10.6 Å². The van der Waals surface area contributed by atoms with Crippen LogP contribution in [0.25, 0.3) is 0 Å². The van der Waals surface area contributed by atoms with Crippen molar-refractivity contribution in [2.75, 3.05) is 33.3 Å². The van der Waals surface area contributed by atoms with E-state index in [1.54, 1.807) is 54.6 Å². The van der Waals surface area contributed by atoms with E-state index >= 15 is 0 Å². The summed E-state index contributed by atoms with van der Waals surface area (Å²) in [5, 5.41) is 5.72. The number of Topliss-reactive ketones (excluding diaryl/α,β-unsaturated/α-hetero) is 1. The normalized spacial score (nSPS) is 14.4. The molecule has 1 atom stereocenters. The Balaban J connectivity index is 1.43. The Labute approximate surface area is 279 Å². The molecule has 0 unspecified atom stereocenters. The molecule has 1 heterocycles. The number of hydrogen-bond acceptors (Lipinski definition) is 10. The molecule has 0 bridgehead atoms. The van der Waals surface area contributed by atoms with E-state index in [-0.39, 0.29) is 53.0 Å². The molecule has 1 fully saturated rings. The Morgan fingerprint density at radius 3 is 2.08 bits per heavy atom. The van der Waals surface area contributed by atoms with Crippen molar-refractivity contribution in [3.8, 4) is 11.5 Å². The fraction of sp³-hybridized carbons (Fsp3) is 0.235. The quantitative estimate of drug-likeness (QED) is 0.156. The van der Waals surface area contributed by atoms with Gasteiger partial charge in [0.05, 0.1) is 18.0 Å². The third kappa shape index (κ3) is 8.58. The molecule has 1 saturated heterocycles. The van der Waals surface area contributed by atoms with E-state index in [4.69, 9.17) is 13.7 Å². The number of sulfonamides is 1. The highest BCUT2D eigenvalue weighted by atomic mass is 32.2. The number of rotatable bonds is 13. The minimum atomic E-state index is -4.09. The van der Waals surface area contributed by atoms with Crippen molar-refractivity contribution in [3.63, 3.8) is 0 Å². The lowest BCUT2D eigenvalue weighted by molar-refractivity contribution is 0.0912. The summed E-state index contributed by atoms with van der Waals surface area (Å²) in [6, 6.07) is 25.5. The first-order valence-corrected chi connectivity index (χ1v) is 17.9. The zero-order valence-electron chi connectivity index (χ0n) is 26.1. The minimum Gasteiger partial charge on any atom is -0.497 e. The van der Waals surface area contributed by atoms with Crippen LogP contribution < -0.4 is 19.6 Å². The fourth-order valence-electron chi connectivity index (χ4n) is 5.06. The molecule has 0 radical (unpaired) electrons. The molecular formula is C34H35N3O9S2. The summed E-state index contributed by atoms with van der Waals surface area (Å²) in [5.41, 5.74) is 1.10. The van der Waals surface area contributed by atoms with E-state index in [1.807, 2.05) is 6.07 Å². The molecule has 5 rings (SSSR count). The molecule has 252 valence electrons. The van der Waals surface area contributed by atoms with Crippen LogP contribution in [0.3, 0.4) is 0 Å². The molecule has 12 nitrogen and oxygen atoms in total. The molecular weight excluding hydrogens is 659 g/mol. The van der Waals surface area contributed by atoms with Crippen molar-refractivity contribution in [1.82, 2.24) is 14.9 Å². The van der Waals surface area contributed by atoms with Crippen LogP contribution in [0.5, 0.6) is 11.5 Å². The Bertz CT molecular complexity index is 1930. The number of amides is 1. The minimum absolute atomic E-state index is 0.0113. The number of nitrogens with zero attached hydrogens (tertiary/aromatic N) is 1. The van der Waals surface area contributed by atoms with Gasteiger partial charge in [-0.15, -0.1) is 0 Å². The van der Waals surface area contributed by atoms with Crippen molar-refractivity contribution < 1.29 is 40.1 Å². The van der Waals surface area contributed by atoms with Crippen molar-refractivity contribution >= 4 is 32.0 Å². The highest BCUT2D eigenvalue weighted by Gasteiger charge is 2.33. The second kappa shape index (κ2) is 15.4. The van der Waals surface area contributed by atoms with Crippen LogP contribution in [-0.2, 0) is 37.9 Å². The van der Waals surface area contributed by atoms with Crippen LogP contribution in [0.15, 0.2) is 113 Å². The molecule has 1 aliphatic rings. The maximum absolute atomic E-state index is 14.3. The third-order valence-electron chi connectivity index (χ3n) is 7.57. The number of carbonyl (C=O) groups is 2. The van der Waals surface area contributed by atoms with Crippen LogP contribution in [0.1, 0.15) is 21.5 Å². The first-order chi connectivity index (χ1) is 23.1. The van der Waals surface area contributed by atoms with E-state index in [0.29, 0.717) is 18.7 Å². The number of methoxy groups -OCH3 is 1. The van der Waals surface area contributed by atoms with Crippen molar-refractivity contribution in [3.05, 3.63) is 120 Å². The molecule has 0 aromatic heterocycles. The van der Waals surface area contributed by atoms with Crippen molar-refractivity contribution in [2.45, 2.75) is 28.9 Å². The smallest absolute Gasteiger partial charge is 0.408 e. The van der Waals surface area contributed by atoms with Crippen LogP contribution in [0, 0.1) is 0 Å². The highest BCUT2D eigenvalue weighted by Crippen LogP contribution is 2.27. The second-order valence-corrected chi connectivity index (χ2v) is 14.3. The molecule has 4 aromatic carbocycles. The average molecular weight is 694 g/mol. The molecule has 1 amide bonds. The van der Waals surface area contributed by atoms with E-state index in [1.165, 1.54) is 53.9 Å². The predicted octanol–water partition coefficient (Wildman–Crippen LogP) is 3.78. The van der Waals surface area contributed by atoms with E-state index in [0.717, 1.165) is 5.56 Å². The SMILES string of the molecule is COc1ccc(S(=O)(=O)N2CCNCC2)c(C(=O)[C@H](Cc2ccc(OS(=O)(=O)c3ccccc3)cc2)NC(=O)OCc2ccccc2)c1. The molecule has 48 heavy (non-hydrogen) atoms. The van der Waals surface area contributed by atoms with Crippen molar-refractivity contribution in [1.29, 1.82) is 0 Å². The third-order valence-corrected chi connectivity index (χ3v) is 10.8. The van der Waals surface area contributed by atoms with Crippen LogP contribution in [0.2, 0.25) is 0 Å². The van der Waals surface area contributed by atoms with Crippen LogP contribution >= 0.6 is 0 Å². The van der Waals surface area contributed by atoms with E-state index in [9.17, 15) is 26.4 Å². The summed E-state index contributed by atoms with van der Waals surface area (Å²) in [6.07, 6.45) is -0.976. The molecule has 4 aromatic rings. The fourth-order valence-corrected chi connectivity index (χ4v) is 7.63. The maximum atomic E-state index is 14.3. The number of ether oxygens (including phenoxy) is 2. The second-order valence-electron chi connectivity index (χ2n) is 10.8. The first kappa shape index (κ1) is 34.6. The first-order valence-electron chi connectivity index (χ1n) is 15.1. The summed E-state index contributed by atoms with van der Waals surface area (Å²) in [4.78, 5) is 27.1. The standard InChI is InChI=1S/C34H35N3O9S2/c1-44-28-16-17-32(47(40,41)37-20-18-35-19-21-37)30(23-28)33(38)31(36-34(39)45-24-26-8-4-2-5-9-26)22-25-12-14-27(15-13-25)46-48(42,43)29-10-6-3-7-11-29/h2-17,23,31,35H,18-22,24H2,1H3,(H,36,39)/t31-/m0/s1. The lowest BCUT2D eigenvalue weighted by Gasteiger charge is -2.28. The lowest BCUT2D eigenvalue weighted by Crippen LogP contribution is -2.47. The van der Waals surface area contributed by atoms with Gasteiger partial charge in [0.1, 0.15) is 23.0 Å². The monoisotopic (exact) mass is 693 g/mol. The topological polar surface area (TPSA) is 157 Å². The summed E-state index contributed by atoms with van der Waals surface area (Å²) in [7, 11) is -6.78. The Hall–Kier alpha value is -4.76. The molecule has 2 N–H and O–H groups in total. The lowest BCUT2D eigenvalue weighted by atomic mass is 9.97. The number of piperazine rings is 1. The molecule has 0 saturated carbocycles. The van der Waals surface area contributed by atoms with Crippen LogP contribution in [0.4, 0.5) is 4.79 Å². The average Bonchev–Trinajstić information content (AvgIpc) is 3.11. The Morgan fingerprint density at radius 1 is 0.812 bits per heavy atom. The Morgan fingerprint density at radius 2 is 1.44 bits per heavy atom. The van der Waals surface area contributed by atoms with Gasteiger partial charge in [0.15, 0.2) is 5.78 Å². The molecule has 0 spiro atoms. The number of benzene rings is 4. The molecule has 0 aliphatic carbocycles. The van der Waals surface area contributed by atoms with Gasteiger partial charge in [-0.3, -0.25) is 4.79 Å². The van der Waals surface area contributed by atoms with Gasteiger partial charge in [-0.1, -0.05) is 60.7 Å². The van der Waals surface area contributed by atoms with Gasteiger partial charge in [-0.2, -0.15) is 12.7 Å². The van der Waals surface area contributed by atoms with Crippen LogP contribution in [-0.4, -0.2) is 72.3 Å². The number of alkyl carbamates (subject to hydrolysis) is 1. The van der Waals surface area contributed by atoms with Gasteiger partial charge in [-0.25, -0.2) is 13.2 Å². The largest absolute Gasteiger partial charge is 0.497 e. The van der Waals surface area contributed by atoms with Gasteiger partial charge < -0.3 is 24.3 Å². The summed E-state index contributed by atoms with van der Waals surface area (Å²) >= 11 is 0. The summed E-state index contributed by atoms with van der Waals surface area (Å²) in [5.74, 6) is -0.395. The molecule has 1 aliphatic heterocycles. The predicted molar refractivity (Wildman–Crippen MR) is 177 cm³/mol. The van der Waals surface area contributed by atoms with Gasteiger partial charge in [0, 0.05) is 38.2 Å². The number of carbonyl (C=O) groups excluding carboxylic acids is 2. The number of nitrogens with one attached hydrogen (secondary N) is 2. The van der Waals surface area contributed by atoms with Gasteiger partial charge >= 0.3 is 16.2 Å². The number of hydrogen-bond donors (Lipinski definition) is 2. The van der Waals surface area contributed by atoms with Gasteiger partial charge in [-0.05, 0) is 53.6 Å². The highest BCUT2D eigenvalue weighted by molar-refractivity contribution is 7.89. The Kier molecular flexibility index (Phi) is 11.1. The number of ketones is 1. The van der Waals surface area contributed by atoms with E-state index < -0.39 is 38.1 Å². The van der Waals surface area contributed by atoms with Crippen molar-refractivity contribution in [2.24, 2.45) is 0 Å². The summed E-state index contributed by atoms with van der Waals surface area (Å²) < 4.78 is 70.2. The van der Waals surface area contributed by atoms with Gasteiger partial charge in [0.25, 0.3) is 0 Å². The maximum Gasteiger partial charge on any atom is 0.408 e. The van der Waals surface area contributed by atoms with Gasteiger partial charge in [0.2, 0.25) is 10.0 Å². The zero-order valence-corrected chi connectivity index (χ0v) is 27.7. The molecule has 14 heteroatoms. The summed E-state index contributed by atoms with van der Waals surface area (Å²) in [6.45, 7) is 1.32. The zero-order chi connectivity index (χ0) is 34.1.